The van der Waals surface area contributed by atoms with E-state index < -0.39 is 18.1 Å². The molecule has 0 aliphatic rings. The van der Waals surface area contributed by atoms with Crippen molar-refractivity contribution in [2.45, 2.75) is 6.61 Å². The standard InChI is InChI=1S/C7H4F2N2O2/c8-7(9)13-6-2-4(3-10)1-5(12)11-6/h1-2,7H,(H,11,12). The third-order valence-electron chi connectivity index (χ3n) is 1.16. The number of ether oxygens (including phenoxy) is 1. The summed E-state index contributed by atoms with van der Waals surface area (Å²) >= 11 is 0. The molecule has 0 bridgehead atoms. The van der Waals surface area contributed by atoms with Gasteiger partial charge in [-0.25, -0.2) is 0 Å². The molecule has 1 rings (SSSR count). The molecule has 0 fully saturated rings. The second kappa shape index (κ2) is 3.67. The highest BCUT2D eigenvalue weighted by Crippen LogP contribution is 2.09. The molecule has 0 unspecified atom stereocenters. The zero-order chi connectivity index (χ0) is 9.84. The van der Waals surface area contributed by atoms with Gasteiger partial charge in [-0.05, 0) is 0 Å². The summed E-state index contributed by atoms with van der Waals surface area (Å²) in [5, 5.41) is 8.37. The van der Waals surface area contributed by atoms with Gasteiger partial charge in [0.25, 0.3) is 5.56 Å². The normalized spacial score (nSPS) is 9.69. The predicted molar refractivity (Wildman–Crippen MR) is 38.4 cm³/mol. The SMILES string of the molecule is N#Cc1cc(OC(F)F)[nH]c(=O)c1. The smallest absolute Gasteiger partial charge is 0.388 e. The second-order valence-corrected chi connectivity index (χ2v) is 2.09. The van der Waals surface area contributed by atoms with Crippen molar-refractivity contribution < 1.29 is 13.5 Å². The Kier molecular flexibility index (Phi) is 2.59. The van der Waals surface area contributed by atoms with E-state index in [0.29, 0.717) is 0 Å². The Morgan fingerprint density at radius 3 is 2.77 bits per heavy atom. The van der Waals surface area contributed by atoms with Gasteiger partial charge in [-0.1, -0.05) is 0 Å². The van der Waals surface area contributed by atoms with Crippen LogP contribution in [0.3, 0.4) is 0 Å². The van der Waals surface area contributed by atoms with Gasteiger partial charge >= 0.3 is 6.61 Å². The summed E-state index contributed by atoms with van der Waals surface area (Å²) in [6.07, 6.45) is 0. The maximum Gasteiger partial charge on any atom is 0.388 e. The van der Waals surface area contributed by atoms with Crippen molar-refractivity contribution in [2.24, 2.45) is 0 Å². The summed E-state index contributed by atoms with van der Waals surface area (Å²) in [6.45, 7) is -3.02. The summed E-state index contributed by atoms with van der Waals surface area (Å²) < 4.78 is 27.2. The highest BCUT2D eigenvalue weighted by atomic mass is 19.3. The van der Waals surface area contributed by atoms with Crippen LogP contribution >= 0.6 is 0 Å². The largest absolute Gasteiger partial charge is 0.419 e. The second-order valence-electron chi connectivity index (χ2n) is 2.09. The van der Waals surface area contributed by atoms with Crippen LogP contribution < -0.4 is 10.3 Å². The van der Waals surface area contributed by atoms with E-state index in [1.807, 2.05) is 4.98 Å². The molecule has 1 aromatic rings. The highest BCUT2D eigenvalue weighted by molar-refractivity contribution is 5.31. The number of hydrogen-bond acceptors (Lipinski definition) is 3. The van der Waals surface area contributed by atoms with E-state index in [2.05, 4.69) is 4.74 Å². The van der Waals surface area contributed by atoms with E-state index in [9.17, 15) is 13.6 Å². The fourth-order valence-corrected chi connectivity index (χ4v) is 0.742. The number of hydrogen-bond donors (Lipinski definition) is 1. The van der Waals surface area contributed by atoms with Crippen LogP contribution in [0.1, 0.15) is 5.56 Å². The molecule has 0 aliphatic heterocycles. The van der Waals surface area contributed by atoms with Crippen LogP contribution in [0.15, 0.2) is 16.9 Å². The Hall–Kier alpha value is -1.90. The lowest BCUT2D eigenvalue weighted by Crippen LogP contribution is -2.10. The molecule has 0 aliphatic carbocycles. The molecule has 0 saturated carbocycles. The third kappa shape index (κ3) is 2.56. The fourth-order valence-electron chi connectivity index (χ4n) is 0.742. The average molecular weight is 186 g/mol. The first-order valence-corrected chi connectivity index (χ1v) is 3.21. The summed E-state index contributed by atoms with van der Waals surface area (Å²) in [4.78, 5) is 12.7. The molecule has 0 aromatic carbocycles. The molecule has 0 spiro atoms. The lowest BCUT2D eigenvalue weighted by atomic mass is 10.3. The minimum absolute atomic E-state index is 0.0283. The average Bonchev–Trinajstić information content (AvgIpc) is 2.01. The zero-order valence-electron chi connectivity index (χ0n) is 6.25. The van der Waals surface area contributed by atoms with Gasteiger partial charge in [0.2, 0.25) is 5.88 Å². The van der Waals surface area contributed by atoms with Crippen LogP contribution in [0.4, 0.5) is 8.78 Å². The van der Waals surface area contributed by atoms with Gasteiger partial charge in [-0.3, -0.25) is 9.78 Å². The number of aromatic nitrogens is 1. The van der Waals surface area contributed by atoms with Gasteiger partial charge in [-0.2, -0.15) is 14.0 Å². The Morgan fingerprint density at radius 2 is 2.23 bits per heavy atom. The fraction of sp³-hybridized carbons (Fsp3) is 0.143. The van der Waals surface area contributed by atoms with Gasteiger partial charge in [-0.15, -0.1) is 0 Å². The minimum atomic E-state index is -3.02. The van der Waals surface area contributed by atoms with Crippen molar-refractivity contribution in [1.29, 1.82) is 5.26 Å². The van der Waals surface area contributed by atoms with Crippen LogP contribution in [0.5, 0.6) is 5.88 Å². The first-order valence-electron chi connectivity index (χ1n) is 3.21. The van der Waals surface area contributed by atoms with E-state index in [1.54, 1.807) is 6.07 Å². The van der Waals surface area contributed by atoms with Crippen molar-refractivity contribution in [3.8, 4) is 11.9 Å². The molecule has 13 heavy (non-hydrogen) atoms. The van der Waals surface area contributed by atoms with Crippen molar-refractivity contribution >= 4 is 0 Å². The Morgan fingerprint density at radius 1 is 1.54 bits per heavy atom. The lowest BCUT2D eigenvalue weighted by molar-refractivity contribution is -0.0529. The van der Waals surface area contributed by atoms with E-state index in [1.165, 1.54) is 0 Å². The number of nitriles is 1. The van der Waals surface area contributed by atoms with Crippen LogP contribution in [0.2, 0.25) is 0 Å². The van der Waals surface area contributed by atoms with Gasteiger partial charge in [0.15, 0.2) is 0 Å². The Bertz CT molecular complexity index is 394. The Balaban J connectivity index is 3.04. The molecule has 1 aromatic heterocycles. The monoisotopic (exact) mass is 186 g/mol. The molecule has 4 nitrogen and oxygen atoms in total. The van der Waals surface area contributed by atoms with Crippen molar-refractivity contribution in [3.63, 3.8) is 0 Å². The lowest BCUT2D eigenvalue weighted by Gasteiger charge is -2.02. The number of nitrogens with zero attached hydrogens (tertiary/aromatic N) is 1. The number of aromatic amines is 1. The Labute approximate surface area is 71.4 Å². The maximum atomic E-state index is 11.7. The molecule has 0 atom stereocenters. The van der Waals surface area contributed by atoms with E-state index >= 15 is 0 Å². The van der Waals surface area contributed by atoms with E-state index in [0.717, 1.165) is 12.1 Å². The van der Waals surface area contributed by atoms with E-state index in [4.69, 9.17) is 5.26 Å². The molecule has 1 heterocycles. The molecule has 1 N–H and O–H groups in total. The zero-order valence-corrected chi connectivity index (χ0v) is 6.25. The molecule has 0 saturated heterocycles. The first-order chi connectivity index (χ1) is 6.11. The van der Waals surface area contributed by atoms with Crippen LogP contribution in [0.25, 0.3) is 0 Å². The van der Waals surface area contributed by atoms with Crippen LogP contribution in [0, 0.1) is 11.3 Å². The van der Waals surface area contributed by atoms with Crippen molar-refractivity contribution in [1.82, 2.24) is 4.98 Å². The molecular formula is C7H4F2N2O2. The first kappa shape index (κ1) is 9.19. The summed E-state index contributed by atoms with van der Waals surface area (Å²) in [6, 6.07) is 3.64. The quantitative estimate of drug-likeness (QED) is 0.744. The summed E-state index contributed by atoms with van der Waals surface area (Å²) in [5.41, 5.74) is -0.686. The predicted octanol–water partition coefficient (Wildman–Crippen LogP) is 0.848. The minimum Gasteiger partial charge on any atom is -0.419 e. The topological polar surface area (TPSA) is 65.9 Å². The van der Waals surface area contributed by atoms with Gasteiger partial charge < -0.3 is 4.74 Å². The number of halogens is 2. The number of H-pyrrole nitrogens is 1. The molecule has 6 heteroatoms. The molecule has 0 amide bonds. The van der Waals surface area contributed by atoms with Crippen LogP contribution in [-0.2, 0) is 0 Å². The summed E-state index contributed by atoms with van der Waals surface area (Å²) in [5.74, 6) is -0.418. The van der Waals surface area contributed by atoms with Crippen molar-refractivity contribution in [2.75, 3.05) is 0 Å². The van der Waals surface area contributed by atoms with Gasteiger partial charge in [0.05, 0.1) is 11.6 Å². The number of nitrogens with one attached hydrogen (secondary N) is 1. The van der Waals surface area contributed by atoms with Crippen molar-refractivity contribution in [3.05, 3.63) is 28.0 Å². The number of rotatable bonds is 2. The molecular weight excluding hydrogens is 182 g/mol. The number of pyridine rings is 1. The summed E-state index contributed by atoms with van der Waals surface area (Å²) in [7, 11) is 0. The molecule has 68 valence electrons. The van der Waals surface area contributed by atoms with E-state index in [-0.39, 0.29) is 5.56 Å². The van der Waals surface area contributed by atoms with Gasteiger partial charge in [0.1, 0.15) is 0 Å². The maximum absolute atomic E-state index is 11.7. The molecule has 0 radical (unpaired) electrons. The third-order valence-corrected chi connectivity index (χ3v) is 1.16. The van der Waals surface area contributed by atoms with Gasteiger partial charge in [0, 0.05) is 12.1 Å². The number of alkyl halides is 2. The highest BCUT2D eigenvalue weighted by Gasteiger charge is 2.05. The van der Waals surface area contributed by atoms with Crippen LogP contribution in [-0.4, -0.2) is 11.6 Å².